The van der Waals surface area contributed by atoms with Crippen LogP contribution in [0.15, 0.2) is 59.4 Å². The molecule has 0 bridgehead atoms. The zero-order valence-corrected chi connectivity index (χ0v) is 16.6. The summed E-state index contributed by atoms with van der Waals surface area (Å²) in [6, 6.07) is 18.0. The maximum absolute atomic E-state index is 12.7. The second-order valence-electron chi connectivity index (χ2n) is 7.53. The van der Waals surface area contributed by atoms with Gasteiger partial charge in [-0.15, -0.1) is 0 Å². The van der Waals surface area contributed by atoms with E-state index >= 15 is 0 Å². The molecule has 0 amide bonds. The molecule has 5 rings (SSSR count). The van der Waals surface area contributed by atoms with Gasteiger partial charge in [0.1, 0.15) is 12.4 Å². The fourth-order valence-electron chi connectivity index (χ4n) is 3.76. The number of benzene rings is 2. The third-order valence-electron chi connectivity index (χ3n) is 5.40. The van der Waals surface area contributed by atoms with Gasteiger partial charge in [-0.05, 0) is 48.9 Å². The summed E-state index contributed by atoms with van der Waals surface area (Å²) in [5.74, 6) is 1.78. The molecule has 2 aromatic heterocycles. The van der Waals surface area contributed by atoms with Gasteiger partial charge in [-0.3, -0.25) is 9.89 Å². The Balaban J connectivity index is 1.24. The van der Waals surface area contributed by atoms with Crippen LogP contribution in [0, 0.1) is 0 Å². The first kappa shape index (κ1) is 18.4. The Hall–Kier alpha value is -3.61. The highest BCUT2D eigenvalue weighted by Crippen LogP contribution is 2.18. The predicted molar refractivity (Wildman–Crippen MR) is 115 cm³/mol. The minimum absolute atomic E-state index is 0.0323. The van der Waals surface area contributed by atoms with Crippen LogP contribution >= 0.6 is 0 Å². The normalized spacial score (nSPS) is 13.2. The van der Waals surface area contributed by atoms with E-state index in [1.807, 2.05) is 54.6 Å². The van der Waals surface area contributed by atoms with E-state index < -0.39 is 0 Å². The number of anilines is 1. The lowest BCUT2D eigenvalue weighted by atomic mass is 9.97. The van der Waals surface area contributed by atoms with E-state index in [0.717, 1.165) is 53.8 Å². The minimum atomic E-state index is -0.0323. The summed E-state index contributed by atoms with van der Waals surface area (Å²) in [5, 5.41) is 6.27. The van der Waals surface area contributed by atoms with Crippen molar-refractivity contribution in [2.75, 3.05) is 5.32 Å². The average Bonchev–Trinajstić information content (AvgIpc) is 3.21. The quantitative estimate of drug-likeness (QED) is 0.517. The van der Waals surface area contributed by atoms with Crippen molar-refractivity contribution >= 4 is 11.7 Å². The molecular weight excluding hydrogens is 378 g/mol. The monoisotopic (exact) mass is 401 g/mol. The standard InChI is InChI=1S/C23H23N5O2/c29-21-19-8-4-5-9-20(19)25-23-26-22(27-28(21)23)24-14-16-10-12-18(13-11-16)30-15-17-6-2-1-3-7-17/h1-3,6-7,10-13H,4-5,8-9,14-15H2,(H2,24,25,26,27). The Kier molecular flexibility index (Phi) is 4.93. The molecule has 0 radical (unpaired) electrons. The van der Waals surface area contributed by atoms with Crippen LogP contribution in [0.4, 0.5) is 5.95 Å². The summed E-state index contributed by atoms with van der Waals surface area (Å²) in [7, 11) is 0. The van der Waals surface area contributed by atoms with E-state index in [0.29, 0.717) is 24.9 Å². The minimum Gasteiger partial charge on any atom is -0.489 e. The molecule has 7 heteroatoms. The summed E-state index contributed by atoms with van der Waals surface area (Å²) in [6.07, 6.45) is 3.77. The van der Waals surface area contributed by atoms with Crippen LogP contribution in [0.2, 0.25) is 0 Å². The first-order chi connectivity index (χ1) is 14.8. The van der Waals surface area contributed by atoms with E-state index in [9.17, 15) is 4.79 Å². The fraction of sp³-hybridized carbons (Fsp3) is 0.261. The molecule has 152 valence electrons. The smallest absolute Gasteiger partial charge is 0.277 e. The van der Waals surface area contributed by atoms with Crippen LogP contribution in [0.5, 0.6) is 5.75 Å². The third kappa shape index (κ3) is 3.78. The van der Waals surface area contributed by atoms with Gasteiger partial charge < -0.3 is 10.1 Å². The molecule has 0 atom stereocenters. The lowest BCUT2D eigenvalue weighted by Crippen LogP contribution is -2.25. The van der Waals surface area contributed by atoms with Crippen LogP contribution in [-0.2, 0) is 26.0 Å². The van der Waals surface area contributed by atoms with Crippen LogP contribution < -0.4 is 15.6 Å². The Morgan fingerprint density at radius 3 is 2.60 bits per heavy atom. The summed E-state index contributed by atoms with van der Waals surface area (Å²) in [6.45, 7) is 1.12. The Morgan fingerprint density at radius 2 is 1.77 bits per heavy atom. The van der Waals surface area contributed by atoms with E-state index in [2.05, 4.69) is 20.4 Å². The molecule has 0 saturated carbocycles. The molecule has 0 saturated heterocycles. The molecule has 2 heterocycles. The fourth-order valence-corrected chi connectivity index (χ4v) is 3.76. The zero-order valence-electron chi connectivity index (χ0n) is 16.6. The number of nitrogens with zero attached hydrogens (tertiary/aromatic N) is 3. The number of aromatic amines is 1. The number of rotatable bonds is 6. The van der Waals surface area contributed by atoms with Crippen molar-refractivity contribution in [2.24, 2.45) is 0 Å². The van der Waals surface area contributed by atoms with Crippen molar-refractivity contribution < 1.29 is 4.74 Å². The lowest BCUT2D eigenvalue weighted by molar-refractivity contribution is 0.306. The molecule has 0 fully saturated rings. The summed E-state index contributed by atoms with van der Waals surface area (Å²) >= 11 is 0. The van der Waals surface area contributed by atoms with Gasteiger partial charge in [-0.25, -0.2) is 4.98 Å². The molecule has 7 nitrogen and oxygen atoms in total. The predicted octanol–water partition coefficient (Wildman–Crippen LogP) is 3.49. The maximum Gasteiger partial charge on any atom is 0.277 e. The van der Waals surface area contributed by atoms with E-state index in [4.69, 9.17) is 4.74 Å². The summed E-state index contributed by atoms with van der Waals surface area (Å²) in [5.41, 5.74) is 3.91. The van der Waals surface area contributed by atoms with Crippen LogP contribution in [-0.4, -0.2) is 19.6 Å². The van der Waals surface area contributed by atoms with Crippen LogP contribution in [0.25, 0.3) is 5.78 Å². The second kappa shape index (κ2) is 8.02. The number of H-pyrrole nitrogens is 1. The number of nitrogens with one attached hydrogen (secondary N) is 2. The number of fused-ring (bicyclic) bond motifs is 2. The molecule has 4 aromatic rings. The Bertz CT molecular complexity index is 1210. The summed E-state index contributed by atoms with van der Waals surface area (Å²) in [4.78, 5) is 21.7. The molecule has 0 spiro atoms. The van der Waals surface area contributed by atoms with Gasteiger partial charge in [-0.2, -0.15) is 9.50 Å². The Labute approximate surface area is 173 Å². The molecule has 1 aliphatic rings. The third-order valence-corrected chi connectivity index (χ3v) is 5.40. The first-order valence-electron chi connectivity index (χ1n) is 10.3. The van der Waals surface area contributed by atoms with Gasteiger partial charge >= 0.3 is 0 Å². The number of hydrogen-bond acceptors (Lipinski definition) is 5. The number of aromatic nitrogens is 4. The highest BCUT2D eigenvalue weighted by Gasteiger charge is 2.18. The lowest BCUT2D eigenvalue weighted by Gasteiger charge is -2.12. The van der Waals surface area contributed by atoms with Gasteiger partial charge in [0.25, 0.3) is 11.3 Å². The zero-order chi connectivity index (χ0) is 20.3. The van der Waals surface area contributed by atoms with Crippen LogP contribution in [0.3, 0.4) is 0 Å². The van der Waals surface area contributed by atoms with Gasteiger partial charge in [0.15, 0.2) is 0 Å². The largest absolute Gasteiger partial charge is 0.489 e. The van der Waals surface area contributed by atoms with E-state index in [1.54, 1.807) is 0 Å². The molecule has 0 aliphatic heterocycles. The molecule has 30 heavy (non-hydrogen) atoms. The van der Waals surface area contributed by atoms with Crippen molar-refractivity contribution in [3.8, 4) is 5.75 Å². The van der Waals surface area contributed by atoms with Crippen molar-refractivity contribution in [1.29, 1.82) is 0 Å². The van der Waals surface area contributed by atoms with Gasteiger partial charge in [-0.1, -0.05) is 42.5 Å². The summed E-state index contributed by atoms with van der Waals surface area (Å²) < 4.78 is 7.26. The number of ether oxygens (including phenoxy) is 1. The maximum atomic E-state index is 12.7. The SMILES string of the molecule is O=c1c2c(nc3nc(NCc4ccc(OCc5ccccc5)cc4)[nH]n13)CCCC2. The molecular formula is C23H23N5O2. The van der Waals surface area contributed by atoms with Crippen molar-refractivity contribution in [2.45, 2.75) is 38.8 Å². The van der Waals surface area contributed by atoms with Gasteiger partial charge in [0.05, 0.1) is 5.69 Å². The molecule has 2 N–H and O–H groups in total. The first-order valence-corrected chi connectivity index (χ1v) is 10.3. The highest BCUT2D eigenvalue weighted by molar-refractivity contribution is 5.40. The molecule has 1 aliphatic carbocycles. The topological polar surface area (TPSA) is 84.3 Å². The molecule has 2 aromatic carbocycles. The average molecular weight is 401 g/mol. The molecule has 0 unspecified atom stereocenters. The van der Waals surface area contributed by atoms with Gasteiger partial charge in [0, 0.05) is 12.1 Å². The second-order valence-corrected chi connectivity index (χ2v) is 7.53. The Morgan fingerprint density at radius 1 is 0.967 bits per heavy atom. The van der Waals surface area contributed by atoms with Crippen molar-refractivity contribution in [3.63, 3.8) is 0 Å². The number of aryl methyl sites for hydroxylation is 1. The van der Waals surface area contributed by atoms with E-state index in [-0.39, 0.29) is 5.56 Å². The van der Waals surface area contributed by atoms with Gasteiger partial charge in [0.2, 0.25) is 5.95 Å². The van der Waals surface area contributed by atoms with Crippen molar-refractivity contribution in [3.05, 3.63) is 87.3 Å². The van der Waals surface area contributed by atoms with Crippen molar-refractivity contribution in [1.82, 2.24) is 19.6 Å². The highest BCUT2D eigenvalue weighted by atomic mass is 16.5. The number of hydrogen-bond donors (Lipinski definition) is 2. The van der Waals surface area contributed by atoms with E-state index in [1.165, 1.54) is 4.52 Å². The van der Waals surface area contributed by atoms with Crippen LogP contribution in [0.1, 0.15) is 35.2 Å².